The van der Waals surface area contributed by atoms with Crippen LogP contribution in [0.15, 0.2) is 0 Å². The van der Waals surface area contributed by atoms with Gasteiger partial charge in [0.1, 0.15) is 0 Å². The molecule has 1 aliphatic carbocycles. The number of aromatic nitrogens is 3. The van der Waals surface area contributed by atoms with E-state index >= 15 is 0 Å². The van der Waals surface area contributed by atoms with E-state index < -0.39 is 0 Å². The van der Waals surface area contributed by atoms with Gasteiger partial charge in [0.05, 0.1) is 7.11 Å². The van der Waals surface area contributed by atoms with Gasteiger partial charge < -0.3 is 15.4 Å². The van der Waals surface area contributed by atoms with Crippen molar-refractivity contribution < 1.29 is 4.74 Å². The molecule has 2 atom stereocenters. The Hall–Kier alpha value is -1.59. The van der Waals surface area contributed by atoms with E-state index in [0.29, 0.717) is 29.9 Å². The van der Waals surface area contributed by atoms with Gasteiger partial charge in [-0.3, -0.25) is 0 Å². The summed E-state index contributed by atoms with van der Waals surface area (Å²) in [7, 11) is 1.57. The van der Waals surface area contributed by atoms with Gasteiger partial charge in [0.15, 0.2) is 0 Å². The average Bonchev–Trinajstić information content (AvgIpc) is 2.81. The molecule has 0 aromatic carbocycles. The lowest BCUT2D eigenvalue weighted by molar-refractivity contribution is 0.379. The molecule has 106 valence electrons. The van der Waals surface area contributed by atoms with Crippen molar-refractivity contribution in [3.05, 3.63) is 0 Å². The van der Waals surface area contributed by atoms with E-state index in [-0.39, 0.29) is 0 Å². The Morgan fingerprint density at radius 1 is 1.21 bits per heavy atom. The molecule has 0 amide bonds. The van der Waals surface area contributed by atoms with E-state index in [9.17, 15) is 0 Å². The van der Waals surface area contributed by atoms with Gasteiger partial charge in [-0.05, 0) is 25.2 Å². The predicted molar refractivity (Wildman–Crippen MR) is 75.6 cm³/mol. The fourth-order valence-corrected chi connectivity index (χ4v) is 2.35. The second-order valence-corrected chi connectivity index (χ2v) is 5.06. The Balaban J connectivity index is 2.09. The molecule has 1 fully saturated rings. The Labute approximate surface area is 114 Å². The van der Waals surface area contributed by atoms with Crippen LogP contribution in [0.3, 0.4) is 0 Å². The first-order valence-electron chi connectivity index (χ1n) is 7.03. The molecule has 6 nitrogen and oxygen atoms in total. The van der Waals surface area contributed by atoms with E-state index in [0.717, 1.165) is 13.0 Å². The number of hydrogen-bond donors (Lipinski definition) is 2. The molecular weight excluding hydrogens is 242 g/mol. The quantitative estimate of drug-likeness (QED) is 0.822. The minimum Gasteiger partial charge on any atom is -0.467 e. The van der Waals surface area contributed by atoms with Crippen LogP contribution in [0, 0.1) is 5.92 Å². The lowest BCUT2D eigenvalue weighted by Crippen LogP contribution is -2.23. The summed E-state index contributed by atoms with van der Waals surface area (Å²) in [6.45, 7) is 5.20. The number of rotatable bonds is 6. The molecule has 1 saturated carbocycles. The molecule has 19 heavy (non-hydrogen) atoms. The molecule has 0 aliphatic heterocycles. The van der Waals surface area contributed by atoms with Crippen LogP contribution in [-0.2, 0) is 0 Å². The van der Waals surface area contributed by atoms with Crippen molar-refractivity contribution in [1.82, 2.24) is 15.0 Å². The minimum absolute atomic E-state index is 0.349. The highest BCUT2D eigenvalue weighted by atomic mass is 16.5. The highest BCUT2D eigenvalue weighted by Crippen LogP contribution is 2.27. The van der Waals surface area contributed by atoms with Crippen molar-refractivity contribution in [2.75, 3.05) is 24.3 Å². The average molecular weight is 265 g/mol. The first kappa shape index (κ1) is 13.8. The molecule has 1 heterocycles. The van der Waals surface area contributed by atoms with Gasteiger partial charge in [0.25, 0.3) is 0 Å². The third kappa shape index (κ3) is 3.68. The summed E-state index contributed by atoms with van der Waals surface area (Å²) in [4.78, 5) is 12.8. The molecule has 0 saturated heterocycles. The Morgan fingerprint density at radius 2 is 2.00 bits per heavy atom. The van der Waals surface area contributed by atoms with Crippen LogP contribution in [0.25, 0.3) is 0 Å². The highest BCUT2D eigenvalue weighted by molar-refractivity contribution is 5.36. The van der Waals surface area contributed by atoms with Gasteiger partial charge in [0.2, 0.25) is 11.9 Å². The molecular formula is C13H23N5O. The van der Waals surface area contributed by atoms with E-state index in [1.165, 1.54) is 19.3 Å². The van der Waals surface area contributed by atoms with Crippen molar-refractivity contribution in [2.24, 2.45) is 5.92 Å². The van der Waals surface area contributed by atoms with Gasteiger partial charge in [-0.15, -0.1) is 0 Å². The Bertz CT molecular complexity index is 412. The van der Waals surface area contributed by atoms with Crippen LogP contribution in [0.1, 0.15) is 39.5 Å². The van der Waals surface area contributed by atoms with Crippen molar-refractivity contribution >= 4 is 11.9 Å². The van der Waals surface area contributed by atoms with Crippen LogP contribution >= 0.6 is 0 Å². The van der Waals surface area contributed by atoms with E-state index in [1.54, 1.807) is 7.11 Å². The van der Waals surface area contributed by atoms with Crippen molar-refractivity contribution in [3.63, 3.8) is 0 Å². The number of anilines is 2. The molecule has 0 bridgehead atoms. The van der Waals surface area contributed by atoms with Gasteiger partial charge in [-0.2, -0.15) is 15.0 Å². The summed E-state index contributed by atoms with van der Waals surface area (Å²) in [5.74, 6) is 1.83. The molecule has 0 radical (unpaired) electrons. The third-order valence-corrected chi connectivity index (χ3v) is 3.51. The number of ether oxygens (including phenoxy) is 1. The Morgan fingerprint density at radius 3 is 2.63 bits per heavy atom. The van der Waals surface area contributed by atoms with Gasteiger partial charge in [-0.25, -0.2) is 0 Å². The maximum atomic E-state index is 5.12. The first-order chi connectivity index (χ1) is 9.22. The van der Waals surface area contributed by atoms with Crippen LogP contribution in [0.5, 0.6) is 6.01 Å². The number of methoxy groups -OCH3 is 1. The summed E-state index contributed by atoms with van der Waals surface area (Å²) in [5, 5.41) is 6.56. The zero-order chi connectivity index (χ0) is 13.7. The van der Waals surface area contributed by atoms with E-state index in [4.69, 9.17) is 4.74 Å². The second-order valence-electron chi connectivity index (χ2n) is 5.06. The molecule has 2 rings (SSSR count). The zero-order valence-electron chi connectivity index (χ0n) is 11.9. The molecule has 6 heteroatoms. The second kappa shape index (κ2) is 6.54. The monoisotopic (exact) mass is 265 g/mol. The summed E-state index contributed by atoms with van der Waals surface area (Å²) in [5.41, 5.74) is 0. The summed E-state index contributed by atoms with van der Waals surface area (Å²) in [6, 6.07) is 0.799. The number of nitrogens with one attached hydrogen (secondary N) is 2. The fraction of sp³-hybridized carbons (Fsp3) is 0.769. The van der Waals surface area contributed by atoms with Crippen molar-refractivity contribution in [1.29, 1.82) is 0 Å². The number of nitrogens with zero attached hydrogens (tertiary/aromatic N) is 3. The normalized spacial score (nSPS) is 22.3. The minimum atomic E-state index is 0.349. The van der Waals surface area contributed by atoms with Crippen molar-refractivity contribution in [2.45, 2.75) is 45.6 Å². The summed E-state index contributed by atoms with van der Waals surface area (Å²) >= 11 is 0. The SMILES string of the molecule is CCCNc1nc(NC2CCCC2C)nc(OC)n1. The molecule has 0 spiro atoms. The fourth-order valence-electron chi connectivity index (χ4n) is 2.35. The van der Waals surface area contributed by atoms with Crippen LogP contribution in [-0.4, -0.2) is 34.6 Å². The number of hydrogen-bond acceptors (Lipinski definition) is 6. The van der Waals surface area contributed by atoms with Gasteiger partial charge in [0, 0.05) is 12.6 Å². The summed E-state index contributed by atoms with van der Waals surface area (Å²) < 4.78 is 5.12. The molecule has 2 N–H and O–H groups in total. The van der Waals surface area contributed by atoms with E-state index in [1.807, 2.05) is 0 Å². The van der Waals surface area contributed by atoms with E-state index in [2.05, 4.69) is 39.4 Å². The highest BCUT2D eigenvalue weighted by Gasteiger charge is 2.24. The van der Waals surface area contributed by atoms with Crippen molar-refractivity contribution in [3.8, 4) is 6.01 Å². The van der Waals surface area contributed by atoms with Crippen LogP contribution in [0.4, 0.5) is 11.9 Å². The lowest BCUT2D eigenvalue weighted by atomic mass is 10.1. The summed E-state index contributed by atoms with van der Waals surface area (Å²) in [6.07, 6.45) is 4.73. The first-order valence-corrected chi connectivity index (χ1v) is 7.03. The molecule has 1 aromatic rings. The molecule has 1 aromatic heterocycles. The van der Waals surface area contributed by atoms with Crippen LogP contribution in [0.2, 0.25) is 0 Å². The topological polar surface area (TPSA) is 72.0 Å². The predicted octanol–water partition coefficient (Wildman–Crippen LogP) is 2.30. The van der Waals surface area contributed by atoms with Gasteiger partial charge in [-0.1, -0.05) is 20.3 Å². The maximum Gasteiger partial charge on any atom is 0.322 e. The zero-order valence-corrected chi connectivity index (χ0v) is 11.9. The third-order valence-electron chi connectivity index (χ3n) is 3.51. The largest absolute Gasteiger partial charge is 0.467 e. The maximum absolute atomic E-state index is 5.12. The Kier molecular flexibility index (Phi) is 4.76. The lowest BCUT2D eigenvalue weighted by Gasteiger charge is -2.17. The molecule has 2 unspecified atom stereocenters. The smallest absolute Gasteiger partial charge is 0.322 e. The molecule has 1 aliphatic rings. The van der Waals surface area contributed by atoms with Gasteiger partial charge >= 0.3 is 6.01 Å². The standard InChI is InChI=1S/C13H23N5O/c1-4-8-14-11-16-12(18-13(17-11)19-3)15-10-7-5-6-9(10)2/h9-10H,4-8H2,1-3H3,(H2,14,15,16,17,18). The van der Waals surface area contributed by atoms with Crippen LogP contribution < -0.4 is 15.4 Å².